The first-order chi connectivity index (χ1) is 9.60. The highest BCUT2D eigenvalue weighted by molar-refractivity contribution is 5.94. The lowest BCUT2D eigenvalue weighted by molar-refractivity contribution is 0.0455. The zero-order valence-electron chi connectivity index (χ0n) is 11.4. The Bertz CT molecular complexity index is 478. The topological polar surface area (TPSA) is 81.9 Å². The minimum atomic E-state index is -0.759. The van der Waals surface area contributed by atoms with Crippen molar-refractivity contribution in [3.05, 3.63) is 29.8 Å². The molecule has 108 valence electrons. The van der Waals surface area contributed by atoms with E-state index in [-0.39, 0.29) is 12.0 Å². The molecule has 0 saturated carbocycles. The summed E-state index contributed by atoms with van der Waals surface area (Å²) in [4.78, 5) is 24.7. The van der Waals surface area contributed by atoms with Gasteiger partial charge in [-0.15, -0.1) is 0 Å². The lowest BCUT2D eigenvalue weighted by Crippen LogP contribution is -2.41. The Kier molecular flexibility index (Phi) is 4.45. The molecule has 20 heavy (non-hydrogen) atoms. The molecule has 0 atom stereocenters. The van der Waals surface area contributed by atoms with Crippen LogP contribution in [0.15, 0.2) is 24.3 Å². The molecule has 0 bridgehead atoms. The molecule has 1 saturated heterocycles. The van der Waals surface area contributed by atoms with Crippen molar-refractivity contribution >= 4 is 12.0 Å². The summed E-state index contributed by atoms with van der Waals surface area (Å²) in [5.74, 6) is 0.695. The van der Waals surface area contributed by atoms with Crippen molar-refractivity contribution in [2.45, 2.75) is 18.9 Å². The smallest absolute Gasteiger partial charge is 0.404 e. The number of benzene rings is 1. The molecule has 1 aliphatic rings. The summed E-state index contributed by atoms with van der Waals surface area (Å²) in [5.41, 5.74) is 5.61. The Morgan fingerprint density at radius 1 is 1.20 bits per heavy atom. The van der Waals surface area contributed by atoms with E-state index in [0.29, 0.717) is 31.5 Å². The van der Waals surface area contributed by atoms with Gasteiger partial charge in [-0.25, -0.2) is 4.79 Å². The number of piperidine rings is 1. The number of carbonyl (C=O) groups is 2. The van der Waals surface area contributed by atoms with Crippen molar-refractivity contribution in [3.63, 3.8) is 0 Å². The van der Waals surface area contributed by atoms with Crippen LogP contribution in [0.5, 0.6) is 5.75 Å². The van der Waals surface area contributed by atoms with Crippen LogP contribution in [-0.4, -0.2) is 43.2 Å². The molecule has 1 heterocycles. The van der Waals surface area contributed by atoms with E-state index in [9.17, 15) is 9.59 Å². The number of rotatable bonds is 3. The Labute approximate surface area is 117 Å². The molecule has 6 nitrogen and oxygen atoms in total. The fraction of sp³-hybridized carbons (Fsp3) is 0.429. The fourth-order valence-electron chi connectivity index (χ4n) is 2.26. The first-order valence-electron chi connectivity index (χ1n) is 6.49. The number of likely N-dealkylation sites (tertiary alicyclic amines) is 1. The van der Waals surface area contributed by atoms with Gasteiger partial charge in [-0.2, -0.15) is 0 Å². The van der Waals surface area contributed by atoms with Gasteiger partial charge in [-0.1, -0.05) is 0 Å². The minimum Gasteiger partial charge on any atom is -0.497 e. The first-order valence-corrected chi connectivity index (χ1v) is 6.49. The Balaban J connectivity index is 1.92. The lowest BCUT2D eigenvalue weighted by atomic mass is 10.1. The number of nitrogens with zero attached hydrogens (tertiary/aromatic N) is 1. The van der Waals surface area contributed by atoms with Crippen molar-refractivity contribution in [2.24, 2.45) is 5.73 Å². The van der Waals surface area contributed by atoms with Crippen molar-refractivity contribution in [3.8, 4) is 5.75 Å². The number of methoxy groups -OCH3 is 1. The van der Waals surface area contributed by atoms with Crippen molar-refractivity contribution in [1.82, 2.24) is 4.90 Å². The highest BCUT2D eigenvalue weighted by atomic mass is 16.6. The van der Waals surface area contributed by atoms with Gasteiger partial charge in [-0.05, 0) is 24.3 Å². The number of nitrogens with two attached hydrogens (primary N) is 1. The van der Waals surface area contributed by atoms with Crippen molar-refractivity contribution < 1.29 is 19.1 Å². The Hall–Kier alpha value is -2.24. The van der Waals surface area contributed by atoms with Crippen LogP contribution in [0.25, 0.3) is 0 Å². The number of carbonyl (C=O) groups excluding carboxylic acids is 2. The van der Waals surface area contributed by atoms with E-state index < -0.39 is 6.09 Å². The van der Waals surface area contributed by atoms with Crippen LogP contribution in [0.1, 0.15) is 23.2 Å². The largest absolute Gasteiger partial charge is 0.497 e. The van der Waals surface area contributed by atoms with Gasteiger partial charge in [0.2, 0.25) is 0 Å². The summed E-state index contributed by atoms with van der Waals surface area (Å²) >= 11 is 0. The molecule has 2 amide bonds. The number of hydrogen-bond acceptors (Lipinski definition) is 4. The number of ether oxygens (including phenoxy) is 2. The number of hydrogen-bond donors (Lipinski definition) is 1. The summed E-state index contributed by atoms with van der Waals surface area (Å²) in [6, 6.07) is 7.01. The van der Waals surface area contributed by atoms with E-state index >= 15 is 0 Å². The maximum absolute atomic E-state index is 12.3. The SMILES string of the molecule is COc1ccc(C(=O)N2CCC(OC(N)=O)CC2)cc1. The van der Waals surface area contributed by atoms with Gasteiger partial charge >= 0.3 is 6.09 Å². The van der Waals surface area contributed by atoms with Crippen LogP contribution in [0, 0.1) is 0 Å². The third-order valence-electron chi connectivity index (χ3n) is 3.35. The highest BCUT2D eigenvalue weighted by Crippen LogP contribution is 2.18. The molecular weight excluding hydrogens is 260 g/mol. The third kappa shape index (κ3) is 3.40. The van der Waals surface area contributed by atoms with E-state index in [4.69, 9.17) is 15.2 Å². The average Bonchev–Trinajstić information content (AvgIpc) is 2.47. The van der Waals surface area contributed by atoms with Crippen LogP contribution in [-0.2, 0) is 4.74 Å². The van der Waals surface area contributed by atoms with Crippen LogP contribution < -0.4 is 10.5 Å². The van der Waals surface area contributed by atoms with Crippen molar-refractivity contribution in [2.75, 3.05) is 20.2 Å². The van der Waals surface area contributed by atoms with Gasteiger partial charge in [0.1, 0.15) is 11.9 Å². The Morgan fingerprint density at radius 2 is 1.80 bits per heavy atom. The quantitative estimate of drug-likeness (QED) is 0.906. The maximum atomic E-state index is 12.3. The highest BCUT2D eigenvalue weighted by Gasteiger charge is 2.25. The van der Waals surface area contributed by atoms with Gasteiger partial charge < -0.3 is 20.1 Å². The van der Waals surface area contributed by atoms with Crippen LogP contribution in [0.4, 0.5) is 4.79 Å². The molecule has 1 aromatic carbocycles. The predicted octanol–water partition coefficient (Wildman–Crippen LogP) is 1.40. The summed E-state index contributed by atoms with van der Waals surface area (Å²) in [5, 5.41) is 0. The van der Waals surface area contributed by atoms with Gasteiger partial charge in [0.25, 0.3) is 5.91 Å². The van der Waals surface area contributed by atoms with Gasteiger partial charge in [0, 0.05) is 31.5 Å². The van der Waals surface area contributed by atoms with E-state index in [1.54, 1.807) is 36.3 Å². The second-order valence-corrected chi connectivity index (χ2v) is 4.66. The molecular formula is C14H18N2O4. The van der Waals surface area contributed by atoms with Gasteiger partial charge in [0.05, 0.1) is 7.11 Å². The van der Waals surface area contributed by atoms with E-state index in [2.05, 4.69) is 0 Å². The van der Waals surface area contributed by atoms with Crippen LogP contribution in [0.3, 0.4) is 0 Å². The molecule has 0 unspecified atom stereocenters. The van der Waals surface area contributed by atoms with E-state index in [1.807, 2.05) is 0 Å². The molecule has 1 fully saturated rings. The first kappa shape index (κ1) is 14.2. The van der Waals surface area contributed by atoms with E-state index in [1.165, 1.54) is 0 Å². The zero-order chi connectivity index (χ0) is 14.5. The molecule has 0 spiro atoms. The summed E-state index contributed by atoms with van der Waals surface area (Å²) < 4.78 is 10.00. The summed E-state index contributed by atoms with van der Waals surface area (Å²) in [6.45, 7) is 1.12. The second-order valence-electron chi connectivity index (χ2n) is 4.66. The van der Waals surface area contributed by atoms with E-state index in [0.717, 1.165) is 5.75 Å². The van der Waals surface area contributed by atoms with Crippen molar-refractivity contribution in [1.29, 1.82) is 0 Å². The standard InChI is InChI=1S/C14H18N2O4/c1-19-11-4-2-10(3-5-11)13(17)16-8-6-12(7-9-16)20-14(15)18/h2-5,12H,6-9H2,1H3,(H2,15,18). The van der Waals surface area contributed by atoms with Crippen LogP contribution >= 0.6 is 0 Å². The summed E-state index contributed by atoms with van der Waals surface area (Å²) in [6.07, 6.45) is 0.285. The molecule has 1 aromatic rings. The van der Waals surface area contributed by atoms with Gasteiger partial charge in [-0.3, -0.25) is 4.79 Å². The molecule has 1 aliphatic heterocycles. The Morgan fingerprint density at radius 3 is 2.30 bits per heavy atom. The predicted molar refractivity (Wildman–Crippen MR) is 72.6 cm³/mol. The number of amides is 2. The fourth-order valence-corrected chi connectivity index (χ4v) is 2.26. The second kappa shape index (κ2) is 6.27. The molecule has 2 rings (SSSR count). The summed E-state index contributed by atoms with van der Waals surface area (Å²) in [7, 11) is 1.58. The monoisotopic (exact) mass is 278 g/mol. The third-order valence-corrected chi connectivity index (χ3v) is 3.35. The molecule has 0 aromatic heterocycles. The minimum absolute atomic E-state index is 0.0230. The maximum Gasteiger partial charge on any atom is 0.404 e. The van der Waals surface area contributed by atoms with Gasteiger partial charge in [0.15, 0.2) is 0 Å². The molecule has 6 heteroatoms. The normalized spacial score (nSPS) is 15.8. The molecule has 0 radical (unpaired) electrons. The lowest BCUT2D eigenvalue weighted by Gasteiger charge is -2.31. The zero-order valence-corrected chi connectivity index (χ0v) is 11.4. The van der Waals surface area contributed by atoms with Crippen LogP contribution in [0.2, 0.25) is 0 Å². The number of primary amides is 1. The molecule has 0 aliphatic carbocycles. The average molecular weight is 278 g/mol. The molecule has 2 N–H and O–H groups in total.